The predicted octanol–water partition coefficient (Wildman–Crippen LogP) is 2.09. The van der Waals surface area contributed by atoms with Gasteiger partial charge in [0.05, 0.1) is 5.69 Å². The monoisotopic (exact) mass is 303 g/mol. The summed E-state index contributed by atoms with van der Waals surface area (Å²) in [5.74, 6) is 1.24. The molecule has 0 saturated carbocycles. The van der Waals surface area contributed by atoms with Crippen LogP contribution in [0.4, 0.5) is 5.13 Å². The number of piperidine rings is 1. The first kappa shape index (κ1) is 14.7. The number of nitrogens with zero attached hydrogens (tertiary/aromatic N) is 2. The second-order valence-corrected chi connectivity index (χ2v) is 8.57. The maximum Gasteiger partial charge on any atom is 0.254 e. The molecule has 2 N–H and O–H groups in total. The van der Waals surface area contributed by atoms with Gasteiger partial charge in [0.15, 0.2) is 9.34 Å². The molecular weight excluding hydrogens is 282 g/mol. The fourth-order valence-electron chi connectivity index (χ4n) is 2.54. The fraction of sp³-hybridized carbons (Fsp3) is 0.750. The summed E-state index contributed by atoms with van der Waals surface area (Å²) >= 11 is 1.06. The normalized spacial score (nSPS) is 19.2. The molecule has 19 heavy (non-hydrogen) atoms. The van der Waals surface area contributed by atoms with E-state index in [2.05, 4.69) is 18.8 Å². The van der Waals surface area contributed by atoms with E-state index in [-0.39, 0.29) is 0 Å². The Morgan fingerprint density at radius 1 is 1.37 bits per heavy atom. The highest BCUT2D eigenvalue weighted by atomic mass is 32.2. The number of hydrogen-bond acceptors (Lipinski definition) is 5. The van der Waals surface area contributed by atoms with Crippen molar-refractivity contribution in [2.45, 2.75) is 37.8 Å². The average Bonchev–Trinajstić information content (AvgIpc) is 2.69. The van der Waals surface area contributed by atoms with E-state index < -0.39 is 10.0 Å². The quantitative estimate of drug-likeness (QED) is 0.927. The minimum atomic E-state index is -3.41. The molecule has 0 unspecified atom stereocenters. The Morgan fingerprint density at radius 2 is 1.95 bits per heavy atom. The van der Waals surface area contributed by atoms with Crippen molar-refractivity contribution in [2.75, 3.05) is 18.8 Å². The van der Waals surface area contributed by atoms with Crippen LogP contribution in [-0.2, 0) is 10.0 Å². The van der Waals surface area contributed by atoms with Gasteiger partial charge in [-0.25, -0.2) is 13.4 Å². The van der Waals surface area contributed by atoms with Crippen molar-refractivity contribution >= 4 is 26.5 Å². The molecule has 0 aliphatic carbocycles. The molecule has 1 fully saturated rings. The van der Waals surface area contributed by atoms with Gasteiger partial charge >= 0.3 is 0 Å². The lowest BCUT2D eigenvalue weighted by Crippen LogP contribution is -2.39. The van der Waals surface area contributed by atoms with Crippen molar-refractivity contribution in [3.8, 4) is 0 Å². The second kappa shape index (κ2) is 5.38. The van der Waals surface area contributed by atoms with Crippen molar-refractivity contribution in [2.24, 2.45) is 11.8 Å². The second-order valence-electron chi connectivity index (χ2n) is 5.41. The van der Waals surface area contributed by atoms with Gasteiger partial charge < -0.3 is 5.73 Å². The van der Waals surface area contributed by atoms with Crippen molar-refractivity contribution in [1.29, 1.82) is 0 Å². The molecule has 0 atom stereocenters. The molecule has 1 aliphatic rings. The largest absolute Gasteiger partial charge is 0.375 e. The summed E-state index contributed by atoms with van der Waals surface area (Å²) in [6, 6.07) is 0. The van der Waals surface area contributed by atoms with E-state index in [4.69, 9.17) is 5.73 Å². The maximum atomic E-state index is 12.5. The average molecular weight is 303 g/mol. The van der Waals surface area contributed by atoms with Gasteiger partial charge in [0, 0.05) is 13.1 Å². The minimum absolute atomic E-state index is 0.299. The summed E-state index contributed by atoms with van der Waals surface area (Å²) in [6.07, 6.45) is 1.87. The van der Waals surface area contributed by atoms with E-state index in [1.807, 2.05) is 0 Å². The van der Waals surface area contributed by atoms with Gasteiger partial charge in [-0.15, -0.1) is 0 Å². The Kier molecular flexibility index (Phi) is 4.17. The lowest BCUT2D eigenvalue weighted by atomic mass is 9.87. The third-order valence-electron chi connectivity index (χ3n) is 3.79. The smallest absolute Gasteiger partial charge is 0.254 e. The van der Waals surface area contributed by atoms with Crippen LogP contribution in [0.1, 0.15) is 32.4 Å². The number of nitrogen functional groups attached to an aromatic ring is 1. The van der Waals surface area contributed by atoms with Crippen molar-refractivity contribution in [3.63, 3.8) is 0 Å². The molecule has 1 aromatic heterocycles. The van der Waals surface area contributed by atoms with Crippen LogP contribution in [0.2, 0.25) is 0 Å². The summed E-state index contributed by atoms with van der Waals surface area (Å²) < 4.78 is 27.0. The van der Waals surface area contributed by atoms with Crippen LogP contribution in [-0.4, -0.2) is 30.8 Å². The molecule has 0 radical (unpaired) electrons. The molecule has 1 aliphatic heterocycles. The van der Waals surface area contributed by atoms with Crippen LogP contribution in [0, 0.1) is 18.8 Å². The van der Waals surface area contributed by atoms with Gasteiger partial charge in [0.2, 0.25) is 0 Å². The minimum Gasteiger partial charge on any atom is -0.375 e. The number of aromatic nitrogens is 1. The number of aryl methyl sites for hydroxylation is 1. The highest BCUT2D eigenvalue weighted by molar-refractivity contribution is 7.91. The first-order valence-electron chi connectivity index (χ1n) is 6.55. The Bertz CT molecular complexity index is 543. The standard InChI is InChI=1S/C12H21N3O2S2/c1-8(2)10-4-6-15(7-5-10)19(16,17)11-9(3)14-12(13)18-11/h8,10H,4-7H2,1-3H3,(H2,13,14). The van der Waals surface area contributed by atoms with Crippen molar-refractivity contribution < 1.29 is 8.42 Å². The van der Waals surface area contributed by atoms with E-state index in [9.17, 15) is 8.42 Å². The number of anilines is 1. The Hall–Kier alpha value is -0.660. The van der Waals surface area contributed by atoms with Crippen LogP contribution >= 0.6 is 11.3 Å². The topological polar surface area (TPSA) is 76.3 Å². The van der Waals surface area contributed by atoms with E-state index in [1.165, 1.54) is 0 Å². The number of hydrogen-bond donors (Lipinski definition) is 1. The molecule has 0 bridgehead atoms. The molecule has 108 valence electrons. The van der Waals surface area contributed by atoms with E-state index >= 15 is 0 Å². The summed E-state index contributed by atoms with van der Waals surface area (Å²) in [4.78, 5) is 4.01. The lowest BCUT2D eigenvalue weighted by molar-refractivity contribution is 0.227. The summed E-state index contributed by atoms with van der Waals surface area (Å²) in [7, 11) is -3.41. The van der Waals surface area contributed by atoms with Crippen LogP contribution in [0.3, 0.4) is 0 Å². The first-order valence-corrected chi connectivity index (χ1v) is 8.81. The predicted molar refractivity (Wildman–Crippen MR) is 77.6 cm³/mol. The summed E-state index contributed by atoms with van der Waals surface area (Å²) in [5.41, 5.74) is 6.10. The molecule has 7 heteroatoms. The molecule has 1 saturated heterocycles. The number of sulfonamides is 1. The van der Waals surface area contributed by atoms with Gasteiger partial charge in [0.25, 0.3) is 10.0 Å². The Balaban J connectivity index is 2.16. The molecular formula is C12H21N3O2S2. The van der Waals surface area contributed by atoms with Gasteiger partial charge in [-0.1, -0.05) is 25.2 Å². The zero-order valence-corrected chi connectivity index (χ0v) is 13.2. The third kappa shape index (κ3) is 2.93. The highest BCUT2D eigenvalue weighted by Crippen LogP contribution is 2.32. The zero-order chi connectivity index (χ0) is 14.2. The van der Waals surface area contributed by atoms with Crippen molar-refractivity contribution in [3.05, 3.63) is 5.69 Å². The van der Waals surface area contributed by atoms with Crippen LogP contribution in [0.25, 0.3) is 0 Å². The molecule has 1 aromatic rings. The van der Waals surface area contributed by atoms with Crippen LogP contribution in [0.5, 0.6) is 0 Å². The van der Waals surface area contributed by atoms with E-state index in [1.54, 1.807) is 11.2 Å². The SMILES string of the molecule is Cc1nc(N)sc1S(=O)(=O)N1CCC(C(C)C)CC1. The summed E-state index contributed by atoms with van der Waals surface area (Å²) in [5, 5.41) is 0.313. The van der Waals surface area contributed by atoms with Crippen molar-refractivity contribution in [1.82, 2.24) is 9.29 Å². The van der Waals surface area contributed by atoms with E-state index in [0.717, 1.165) is 24.2 Å². The molecule has 2 heterocycles. The Labute approximate surface area is 118 Å². The zero-order valence-electron chi connectivity index (χ0n) is 11.6. The fourth-order valence-corrected chi connectivity index (χ4v) is 5.45. The number of thiazole rings is 1. The third-order valence-corrected chi connectivity index (χ3v) is 7.26. The first-order chi connectivity index (χ1) is 8.82. The van der Waals surface area contributed by atoms with Crippen LogP contribution < -0.4 is 5.73 Å². The molecule has 0 aromatic carbocycles. The molecule has 5 nitrogen and oxygen atoms in total. The maximum absolute atomic E-state index is 12.5. The molecule has 2 rings (SSSR count). The summed E-state index contributed by atoms with van der Waals surface area (Å²) in [6.45, 7) is 7.29. The van der Waals surface area contributed by atoms with Gasteiger partial charge in [-0.2, -0.15) is 4.31 Å². The molecule has 0 amide bonds. The number of rotatable bonds is 3. The molecule has 0 spiro atoms. The van der Waals surface area contributed by atoms with Gasteiger partial charge in [0.1, 0.15) is 0 Å². The van der Waals surface area contributed by atoms with Gasteiger partial charge in [-0.05, 0) is 31.6 Å². The van der Waals surface area contributed by atoms with Crippen LogP contribution in [0.15, 0.2) is 4.21 Å². The van der Waals surface area contributed by atoms with Gasteiger partial charge in [-0.3, -0.25) is 0 Å². The lowest BCUT2D eigenvalue weighted by Gasteiger charge is -2.32. The van der Waals surface area contributed by atoms with E-state index in [0.29, 0.717) is 40.0 Å². The highest BCUT2D eigenvalue weighted by Gasteiger charge is 2.32. The number of nitrogens with two attached hydrogens (primary N) is 1. The Morgan fingerprint density at radius 3 is 2.37 bits per heavy atom.